The van der Waals surface area contributed by atoms with Gasteiger partial charge in [-0.2, -0.15) is 5.10 Å². The predicted octanol–water partition coefficient (Wildman–Crippen LogP) is 1.38. The third kappa shape index (κ3) is 9.80. The van der Waals surface area contributed by atoms with Gasteiger partial charge in [-0.25, -0.2) is 18.6 Å². The summed E-state index contributed by atoms with van der Waals surface area (Å²) in [5.74, 6) is -0.680. The zero-order valence-electron chi connectivity index (χ0n) is 16.6. The summed E-state index contributed by atoms with van der Waals surface area (Å²) in [7, 11) is -0.472. The fourth-order valence-electron chi connectivity index (χ4n) is 1.76. The minimum atomic E-state index is -3.85. The van der Waals surface area contributed by atoms with Crippen molar-refractivity contribution in [2.75, 3.05) is 20.6 Å². The Balaban J connectivity index is 0.000000861. The number of amides is 2. The van der Waals surface area contributed by atoms with Crippen LogP contribution in [0.5, 0.6) is 0 Å². The highest BCUT2D eigenvalue weighted by Crippen LogP contribution is 2.13. The van der Waals surface area contributed by atoms with Crippen LogP contribution in [0.2, 0.25) is 5.02 Å². The van der Waals surface area contributed by atoms with Gasteiger partial charge < -0.3 is 4.90 Å². The second-order valence-electron chi connectivity index (χ2n) is 5.99. The second kappa shape index (κ2) is 12.4. The number of hydrogen-bond donors (Lipinski definition) is 2. The first-order valence-corrected chi connectivity index (χ1v) is 10.3. The lowest BCUT2D eigenvalue weighted by molar-refractivity contribution is -0.384. The molecular formula is C18H20ClN5O6S. The minimum Gasteiger partial charge on any atom is -0.351 e. The fourth-order valence-corrected chi connectivity index (χ4v) is 2.87. The third-order valence-electron chi connectivity index (χ3n) is 3.26. The van der Waals surface area contributed by atoms with Gasteiger partial charge in [-0.05, 0) is 42.0 Å². The number of rotatable bonds is 8. The Kier molecular flexibility index (Phi) is 10.2. The van der Waals surface area contributed by atoms with E-state index in [1.807, 2.05) is 0 Å². The molecule has 0 radical (unpaired) electrons. The molecule has 0 aliphatic rings. The minimum absolute atomic E-state index is 0.0240. The van der Waals surface area contributed by atoms with Crippen molar-refractivity contribution < 1.29 is 22.9 Å². The topological polar surface area (TPSA) is 151 Å². The first-order chi connectivity index (χ1) is 14.5. The highest BCUT2D eigenvalue weighted by Gasteiger charge is 2.15. The van der Waals surface area contributed by atoms with E-state index in [9.17, 15) is 28.1 Å². The van der Waals surface area contributed by atoms with Gasteiger partial charge in [0.1, 0.15) is 0 Å². The van der Waals surface area contributed by atoms with Crippen LogP contribution in [0.3, 0.4) is 0 Å². The van der Waals surface area contributed by atoms with Crippen molar-refractivity contribution in [1.82, 2.24) is 15.0 Å². The van der Waals surface area contributed by atoms with Crippen molar-refractivity contribution in [3.8, 4) is 0 Å². The molecule has 0 atom stereocenters. The molecule has 13 heteroatoms. The monoisotopic (exact) mass is 469 g/mol. The van der Waals surface area contributed by atoms with Crippen molar-refractivity contribution in [3.05, 3.63) is 69.2 Å². The van der Waals surface area contributed by atoms with E-state index in [-0.39, 0.29) is 10.6 Å². The molecule has 0 saturated carbocycles. The number of nitro groups is 1. The van der Waals surface area contributed by atoms with Crippen LogP contribution in [0.4, 0.5) is 5.69 Å². The number of nitro benzene ring substituents is 1. The number of sulfonamides is 1. The van der Waals surface area contributed by atoms with Crippen molar-refractivity contribution in [2.45, 2.75) is 4.90 Å². The van der Waals surface area contributed by atoms with Gasteiger partial charge in [-0.3, -0.25) is 19.7 Å². The molecule has 0 unspecified atom stereocenters. The summed E-state index contributed by atoms with van der Waals surface area (Å²) in [6, 6.07) is 11.0. The molecule has 0 spiro atoms. The summed E-state index contributed by atoms with van der Waals surface area (Å²) >= 11 is 5.69. The largest absolute Gasteiger partial charge is 0.351 e. The number of non-ortho nitro benzene ring substituents is 1. The highest BCUT2D eigenvalue weighted by atomic mass is 35.5. The number of nitrogens with one attached hydrogen (secondary N) is 2. The molecule has 11 nitrogen and oxygen atoms in total. The molecule has 31 heavy (non-hydrogen) atoms. The smallest absolute Gasteiger partial charge is 0.269 e. The third-order valence-corrected chi connectivity index (χ3v) is 4.93. The molecule has 0 heterocycles. The molecule has 0 fully saturated rings. The second-order valence-corrected chi connectivity index (χ2v) is 8.19. The number of halogens is 1. The zero-order chi connectivity index (χ0) is 23.4. The molecule has 2 amide bonds. The molecule has 2 rings (SSSR count). The Morgan fingerprint density at radius 1 is 1.16 bits per heavy atom. The van der Waals surface area contributed by atoms with Crippen LogP contribution in [-0.4, -0.2) is 57.4 Å². The first-order valence-electron chi connectivity index (χ1n) is 8.48. The number of hydrazone groups is 1. The van der Waals surface area contributed by atoms with E-state index in [0.29, 0.717) is 10.6 Å². The van der Waals surface area contributed by atoms with Gasteiger partial charge in [0.05, 0.1) is 22.6 Å². The molecule has 0 aliphatic heterocycles. The summed E-state index contributed by atoms with van der Waals surface area (Å²) in [6.45, 7) is -0.511. The van der Waals surface area contributed by atoms with E-state index in [1.54, 1.807) is 14.1 Å². The molecule has 0 aromatic heterocycles. The molecule has 0 bridgehead atoms. The van der Waals surface area contributed by atoms with Crippen LogP contribution in [0.15, 0.2) is 58.5 Å². The standard InChI is InChI=1S/C15H13ClN4O5S.C3H7NO/c16-12-3-7-14(8-4-12)26(24,25)18-10-15(21)19-17-9-11-1-5-13(6-2-11)20(22)23;1-4(2)3-5/h1-9,18H,10H2,(H,19,21);3H,1-2H3/b17-9+;. The lowest BCUT2D eigenvalue weighted by Crippen LogP contribution is -2.34. The van der Waals surface area contributed by atoms with Crippen LogP contribution in [0.1, 0.15) is 5.56 Å². The van der Waals surface area contributed by atoms with Crippen molar-refractivity contribution in [3.63, 3.8) is 0 Å². The van der Waals surface area contributed by atoms with Crippen LogP contribution in [0, 0.1) is 10.1 Å². The molecule has 2 aromatic carbocycles. The van der Waals surface area contributed by atoms with Gasteiger partial charge in [-0.1, -0.05) is 11.6 Å². The van der Waals surface area contributed by atoms with Gasteiger partial charge in [-0.15, -0.1) is 0 Å². The molecular weight excluding hydrogens is 450 g/mol. The van der Waals surface area contributed by atoms with E-state index in [0.717, 1.165) is 6.41 Å². The van der Waals surface area contributed by atoms with E-state index in [1.165, 1.54) is 59.6 Å². The lowest BCUT2D eigenvalue weighted by Gasteiger charge is -2.05. The molecule has 0 saturated heterocycles. The number of carbonyl (C=O) groups is 2. The summed E-state index contributed by atoms with van der Waals surface area (Å²) in [5, 5.41) is 14.6. The Bertz CT molecular complexity index is 1020. The molecule has 0 aliphatic carbocycles. The highest BCUT2D eigenvalue weighted by molar-refractivity contribution is 7.89. The van der Waals surface area contributed by atoms with Crippen molar-refractivity contribution in [1.29, 1.82) is 0 Å². The Labute approximate surface area is 183 Å². The number of hydrogen-bond acceptors (Lipinski definition) is 7. The Hall–Kier alpha value is -3.35. The van der Waals surface area contributed by atoms with Gasteiger partial charge in [0.15, 0.2) is 0 Å². The van der Waals surface area contributed by atoms with Crippen molar-refractivity contribution in [2.24, 2.45) is 5.10 Å². The molecule has 2 aromatic rings. The zero-order valence-corrected chi connectivity index (χ0v) is 18.1. The maximum absolute atomic E-state index is 12.0. The van der Waals surface area contributed by atoms with Gasteiger partial charge in [0, 0.05) is 31.3 Å². The van der Waals surface area contributed by atoms with E-state index >= 15 is 0 Å². The predicted molar refractivity (Wildman–Crippen MR) is 115 cm³/mol. The van der Waals surface area contributed by atoms with Crippen LogP contribution >= 0.6 is 11.6 Å². The normalized spacial score (nSPS) is 10.7. The SMILES string of the molecule is CN(C)C=O.O=C(CNS(=O)(=O)c1ccc(Cl)cc1)N/N=C/c1ccc([N+](=O)[O-])cc1. The summed E-state index contributed by atoms with van der Waals surface area (Å²) in [4.78, 5) is 32.5. The quantitative estimate of drug-likeness (QED) is 0.258. The van der Waals surface area contributed by atoms with E-state index in [2.05, 4.69) is 15.2 Å². The Morgan fingerprint density at radius 3 is 2.19 bits per heavy atom. The fraction of sp³-hybridized carbons (Fsp3) is 0.167. The average molecular weight is 470 g/mol. The van der Waals surface area contributed by atoms with Crippen molar-refractivity contribution >= 4 is 45.8 Å². The summed E-state index contributed by atoms with van der Waals surface area (Å²) in [6.07, 6.45) is 2.02. The lowest BCUT2D eigenvalue weighted by atomic mass is 10.2. The van der Waals surface area contributed by atoms with Gasteiger partial charge >= 0.3 is 0 Å². The summed E-state index contributed by atoms with van der Waals surface area (Å²) < 4.78 is 26.1. The summed E-state index contributed by atoms with van der Waals surface area (Å²) in [5.41, 5.74) is 2.61. The number of nitrogens with zero attached hydrogens (tertiary/aromatic N) is 3. The molecule has 166 valence electrons. The van der Waals surface area contributed by atoms with Gasteiger partial charge in [0.2, 0.25) is 16.4 Å². The van der Waals surface area contributed by atoms with Gasteiger partial charge in [0.25, 0.3) is 11.6 Å². The maximum atomic E-state index is 12.0. The Morgan fingerprint density at radius 2 is 1.71 bits per heavy atom. The first kappa shape index (κ1) is 25.7. The maximum Gasteiger partial charge on any atom is 0.269 e. The van der Waals surface area contributed by atoms with Crippen LogP contribution < -0.4 is 10.1 Å². The molecule has 2 N–H and O–H groups in total. The van der Waals surface area contributed by atoms with E-state index < -0.39 is 27.4 Å². The van der Waals surface area contributed by atoms with E-state index in [4.69, 9.17) is 11.6 Å². The number of benzene rings is 2. The average Bonchev–Trinajstić information content (AvgIpc) is 2.73. The van der Waals surface area contributed by atoms with Crippen LogP contribution in [0.25, 0.3) is 0 Å². The number of carbonyl (C=O) groups excluding carboxylic acids is 2. The van der Waals surface area contributed by atoms with Crippen LogP contribution in [-0.2, 0) is 19.6 Å².